The van der Waals surface area contributed by atoms with E-state index in [2.05, 4.69) is 10.5 Å². The molecular formula is C11H21N3O3. The Hall–Kier alpha value is -1.30. The molecule has 0 radical (unpaired) electrons. The highest BCUT2D eigenvalue weighted by Gasteiger charge is 2.17. The van der Waals surface area contributed by atoms with Crippen LogP contribution in [0.4, 0.5) is 0 Å². The van der Waals surface area contributed by atoms with E-state index >= 15 is 0 Å². The van der Waals surface area contributed by atoms with Gasteiger partial charge in [-0.3, -0.25) is 4.79 Å². The molecule has 0 aromatic rings. The van der Waals surface area contributed by atoms with E-state index in [1.807, 2.05) is 0 Å². The lowest BCUT2D eigenvalue weighted by Crippen LogP contribution is -2.31. The lowest BCUT2D eigenvalue weighted by Gasteiger charge is -2.21. The van der Waals surface area contributed by atoms with E-state index < -0.39 is 0 Å². The Kier molecular flexibility index (Phi) is 6.39. The van der Waals surface area contributed by atoms with Crippen LogP contribution in [-0.4, -0.2) is 36.2 Å². The SMILES string of the molecule is NC(CCCNC(=O)CC1CCCCO1)=NO. The van der Waals surface area contributed by atoms with Crippen molar-refractivity contribution in [2.24, 2.45) is 10.9 Å². The summed E-state index contributed by atoms with van der Waals surface area (Å²) < 4.78 is 5.48. The number of carbonyl (C=O) groups is 1. The Morgan fingerprint density at radius 3 is 3.00 bits per heavy atom. The van der Waals surface area contributed by atoms with Gasteiger partial charge in [-0.05, 0) is 25.7 Å². The van der Waals surface area contributed by atoms with Gasteiger partial charge in [-0.1, -0.05) is 5.16 Å². The maximum atomic E-state index is 11.5. The second kappa shape index (κ2) is 7.89. The summed E-state index contributed by atoms with van der Waals surface area (Å²) >= 11 is 0. The van der Waals surface area contributed by atoms with Gasteiger partial charge in [0.1, 0.15) is 5.84 Å². The van der Waals surface area contributed by atoms with Crippen LogP contribution in [0.2, 0.25) is 0 Å². The van der Waals surface area contributed by atoms with E-state index in [1.165, 1.54) is 0 Å². The van der Waals surface area contributed by atoms with E-state index in [9.17, 15) is 4.79 Å². The summed E-state index contributed by atoms with van der Waals surface area (Å²) in [5.41, 5.74) is 5.31. The van der Waals surface area contributed by atoms with Gasteiger partial charge < -0.3 is 21.0 Å². The molecule has 98 valence electrons. The first-order valence-electron chi connectivity index (χ1n) is 6.07. The molecule has 1 saturated heterocycles. The average molecular weight is 243 g/mol. The molecule has 1 aliphatic heterocycles. The number of amides is 1. The summed E-state index contributed by atoms with van der Waals surface area (Å²) in [5.74, 6) is 0.200. The van der Waals surface area contributed by atoms with Crippen LogP contribution in [0.3, 0.4) is 0 Å². The lowest BCUT2D eigenvalue weighted by atomic mass is 10.1. The van der Waals surface area contributed by atoms with E-state index in [1.54, 1.807) is 0 Å². The maximum Gasteiger partial charge on any atom is 0.222 e. The molecule has 1 unspecified atom stereocenters. The van der Waals surface area contributed by atoms with Crippen molar-refractivity contribution in [2.75, 3.05) is 13.2 Å². The van der Waals surface area contributed by atoms with Gasteiger partial charge in [0.15, 0.2) is 0 Å². The van der Waals surface area contributed by atoms with Crippen LogP contribution in [0.25, 0.3) is 0 Å². The zero-order valence-electron chi connectivity index (χ0n) is 10.0. The van der Waals surface area contributed by atoms with E-state index in [4.69, 9.17) is 15.7 Å². The number of ether oxygens (including phenoxy) is 1. The van der Waals surface area contributed by atoms with Gasteiger partial charge in [0.2, 0.25) is 5.91 Å². The van der Waals surface area contributed by atoms with Crippen LogP contribution in [0.15, 0.2) is 5.16 Å². The molecule has 4 N–H and O–H groups in total. The van der Waals surface area contributed by atoms with Gasteiger partial charge in [0.25, 0.3) is 0 Å². The van der Waals surface area contributed by atoms with Crippen molar-refractivity contribution >= 4 is 11.7 Å². The smallest absolute Gasteiger partial charge is 0.222 e. The topological polar surface area (TPSA) is 96.9 Å². The van der Waals surface area contributed by atoms with Crippen molar-refractivity contribution in [2.45, 2.75) is 44.6 Å². The number of hydrogen-bond acceptors (Lipinski definition) is 4. The predicted molar refractivity (Wildman–Crippen MR) is 63.9 cm³/mol. The predicted octanol–water partition coefficient (Wildman–Crippen LogP) is 0.588. The van der Waals surface area contributed by atoms with Crippen LogP contribution in [0, 0.1) is 0 Å². The van der Waals surface area contributed by atoms with E-state index in [-0.39, 0.29) is 17.8 Å². The van der Waals surface area contributed by atoms with Crippen LogP contribution in [-0.2, 0) is 9.53 Å². The molecule has 1 heterocycles. The van der Waals surface area contributed by atoms with Gasteiger partial charge in [-0.15, -0.1) is 0 Å². The molecule has 0 aromatic carbocycles. The zero-order chi connectivity index (χ0) is 12.5. The third kappa shape index (κ3) is 6.11. The molecule has 1 fully saturated rings. The second-order valence-corrected chi connectivity index (χ2v) is 4.24. The van der Waals surface area contributed by atoms with Crippen molar-refractivity contribution in [3.63, 3.8) is 0 Å². The number of carbonyl (C=O) groups excluding carboxylic acids is 1. The highest BCUT2D eigenvalue weighted by atomic mass is 16.5. The summed E-state index contributed by atoms with van der Waals surface area (Å²) in [6.45, 7) is 1.31. The number of hydrogen-bond donors (Lipinski definition) is 3. The van der Waals surface area contributed by atoms with Crippen LogP contribution >= 0.6 is 0 Å². The summed E-state index contributed by atoms with van der Waals surface area (Å²) in [6.07, 6.45) is 4.87. The Labute approximate surface area is 101 Å². The van der Waals surface area contributed by atoms with E-state index in [0.717, 1.165) is 25.9 Å². The largest absolute Gasteiger partial charge is 0.409 e. The fourth-order valence-corrected chi connectivity index (χ4v) is 1.79. The van der Waals surface area contributed by atoms with Gasteiger partial charge >= 0.3 is 0 Å². The second-order valence-electron chi connectivity index (χ2n) is 4.24. The summed E-state index contributed by atoms with van der Waals surface area (Å²) in [5, 5.41) is 14.0. The zero-order valence-corrected chi connectivity index (χ0v) is 10.0. The minimum atomic E-state index is 0.0106. The molecule has 1 aliphatic rings. The van der Waals surface area contributed by atoms with Gasteiger partial charge in [0.05, 0.1) is 12.5 Å². The lowest BCUT2D eigenvalue weighted by molar-refractivity contribution is -0.124. The first-order valence-corrected chi connectivity index (χ1v) is 6.07. The van der Waals surface area contributed by atoms with Crippen molar-refractivity contribution < 1.29 is 14.7 Å². The third-order valence-electron chi connectivity index (χ3n) is 2.75. The number of nitrogens with two attached hydrogens (primary N) is 1. The Morgan fingerprint density at radius 1 is 1.53 bits per heavy atom. The van der Waals surface area contributed by atoms with Gasteiger partial charge in [-0.2, -0.15) is 0 Å². The van der Waals surface area contributed by atoms with Gasteiger partial charge in [0, 0.05) is 19.6 Å². The molecule has 1 amide bonds. The highest BCUT2D eigenvalue weighted by molar-refractivity contribution is 5.79. The van der Waals surface area contributed by atoms with Crippen molar-refractivity contribution in [3.05, 3.63) is 0 Å². The standard InChI is InChI=1S/C11H21N3O3/c12-10(14-16)5-3-6-13-11(15)8-9-4-1-2-7-17-9/h9,16H,1-8H2,(H2,12,14)(H,13,15). The first kappa shape index (κ1) is 13.8. The fourth-order valence-electron chi connectivity index (χ4n) is 1.79. The Balaban J connectivity index is 2.04. The minimum absolute atomic E-state index is 0.0106. The van der Waals surface area contributed by atoms with Crippen molar-refractivity contribution in [1.29, 1.82) is 0 Å². The molecule has 0 aliphatic carbocycles. The molecule has 1 rings (SSSR count). The molecule has 0 saturated carbocycles. The monoisotopic (exact) mass is 243 g/mol. The van der Waals surface area contributed by atoms with Crippen molar-refractivity contribution in [3.8, 4) is 0 Å². The Morgan fingerprint density at radius 2 is 2.35 bits per heavy atom. The summed E-state index contributed by atoms with van der Waals surface area (Å²) in [7, 11) is 0. The van der Waals surface area contributed by atoms with Crippen LogP contribution < -0.4 is 11.1 Å². The Bertz CT molecular complexity index is 263. The molecule has 0 spiro atoms. The molecule has 0 aromatic heterocycles. The van der Waals surface area contributed by atoms with Gasteiger partial charge in [-0.25, -0.2) is 0 Å². The summed E-state index contributed by atoms with van der Waals surface area (Å²) in [6, 6.07) is 0. The number of nitrogens with one attached hydrogen (secondary N) is 1. The van der Waals surface area contributed by atoms with Crippen molar-refractivity contribution in [1.82, 2.24) is 5.32 Å². The average Bonchev–Trinajstić information content (AvgIpc) is 2.35. The number of oxime groups is 1. The molecule has 6 heteroatoms. The molecule has 6 nitrogen and oxygen atoms in total. The molecule has 0 bridgehead atoms. The van der Waals surface area contributed by atoms with Crippen LogP contribution in [0.5, 0.6) is 0 Å². The quantitative estimate of drug-likeness (QED) is 0.209. The number of amidine groups is 1. The third-order valence-corrected chi connectivity index (χ3v) is 2.75. The fraction of sp³-hybridized carbons (Fsp3) is 0.818. The van der Waals surface area contributed by atoms with Crippen LogP contribution in [0.1, 0.15) is 38.5 Å². The molecule has 17 heavy (non-hydrogen) atoms. The first-order chi connectivity index (χ1) is 8.22. The number of nitrogens with zero attached hydrogens (tertiary/aromatic N) is 1. The molecule has 1 atom stereocenters. The maximum absolute atomic E-state index is 11.5. The normalized spacial score (nSPS) is 21.2. The summed E-state index contributed by atoms with van der Waals surface area (Å²) in [4.78, 5) is 11.5. The minimum Gasteiger partial charge on any atom is -0.409 e. The van der Waals surface area contributed by atoms with E-state index in [0.29, 0.717) is 25.8 Å². The molecular weight excluding hydrogens is 222 g/mol. The highest BCUT2D eigenvalue weighted by Crippen LogP contribution is 2.15. The number of rotatable bonds is 6.